The Morgan fingerprint density at radius 3 is 2.69 bits per heavy atom. The van der Waals surface area contributed by atoms with E-state index < -0.39 is 11.9 Å². The van der Waals surface area contributed by atoms with Crippen molar-refractivity contribution in [2.45, 2.75) is 19.4 Å². The first kappa shape index (κ1) is 21.6. The zero-order chi connectivity index (χ0) is 22.8. The maximum absolute atomic E-state index is 14.0. The van der Waals surface area contributed by atoms with Crippen molar-refractivity contribution in [2.24, 2.45) is 5.16 Å². The average molecular weight is 439 g/mol. The van der Waals surface area contributed by atoms with Crippen LogP contribution in [0.25, 0.3) is 11.1 Å². The monoisotopic (exact) mass is 439 g/mol. The van der Waals surface area contributed by atoms with Crippen molar-refractivity contribution < 1.29 is 28.6 Å². The highest BCUT2D eigenvalue weighted by molar-refractivity contribution is 6.03. The van der Waals surface area contributed by atoms with E-state index in [1.807, 2.05) is 6.07 Å². The van der Waals surface area contributed by atoms with Gasteiger partial charge in [-0.05, 0) is 36.2 Å². The Hall–Kier alpha value is -3.64. The summed E-state index contributed by atoms with van der Waals surface area (Å²) in [6, 6.07) is 7.62. The second-order valence-corrected chi connectivity index (χ2v) is 7.54. The molecule has 0 bridgehead atoms. The number of likely N-dealkylation sites (tertiary alicyclic amines) is 1. The third-order valence-electron chi connectivity index (χ3n) is 5.69. The van der Waals surface area contributed by atoms with Crippen molar-refractivity contribution in [1.29, 1.82) is 5.26 Å². The molecular weight excluding hydrogens is 417 g/mol. The number of fused-ring (bicyclic) bond motifs is 1. The van der Waals surface area contributed by atoms with Crippen LogP contribution in [0.2, 0.25) is 0 Å². The molecule has 9 heteroatoms. The molecule has 2 aromatic rings. The fourth-order valence-electron chi connectivity index (χ4n) is 4.15. The number of aliphatic hydroxyl groups is 1. The summed E-state index contributed by atoms with van der Waals surface area (Å²) in [5.74, 6) is -0.266. The molecule has 4 rings (SSSR count). The molecule has 0 spiro atoms. The molecule has 1 fully saturated rings. The smallest absolute Gasteiger partial charge is 0.258 e. The number of carbonyl (C=O) groups is 1. The summed E-state index contributed by atoms with van der Waals surface area (Å²) in [6.07, 6.45) is 0.416. The normalized spacial score (nSPS) is 18.5. The van der Waals surface area contributed by atoms with E-state index in [-0.39, 0.29) is 43.6 Å². The molecule has 2 aromatic carbocycles. The van der Waals surface area contributed by atoms with E-state index in [0.29, 0.717) is 40.1 Å². The van der Waals surface area contributed by atoms with Crippen LogP contribution in [0.5, 0.6) is 11.5 Å². The predicted octanol–water partition coefficient (Wildman–Crippen LogP) is 2.65. The zero-order valence-electron chi connectivity index (χ0n) is 17.7. The van der Waals surface area contributed by atoms with Gasteiger partial charge in [-0.3, -0.25) is 4.79 Å². The van der Waals surface area contributed by atoms with Crippen molar-refractivity contribution in [1.82, 2.24) is 4.90 Å². The van der Waals surface area contributed by atoms with Gasteiger partial charge in [-0.15, -0.1) is 0 Å². The summed E-state index contributed by atoms with van der Waals surface area (Å²) in [5, 5.41) is 23.0. The average Bonchev–Trinajstić information content (AvgIpc) is 3.22. The number of oxime groups is 1. The van der Waals surface area contributed by atoms with Crippen molar-refractivity contribution in [3.05, 3.63) is 46.8 Å². The fourth-order valence-corrected chi connectivity index (χ4v) is 4.15. The van der Waals surface area contributed by atoms with Gasteiger partial charge in [-0.25, -0.2) is 4.39 Å². The Balaban J connectivity index is 1.78. The number of benzene rings is 2. The van der Waals surface area contributed by atoms with Crippen molar-refractivity contribution in [2.75, 3.05) is 33.5 Å². The molecule has 2 heterocycles. The van der Waals surface area contributed by atoms with Gasteiger partial charge in [0.2, 0.25) is 0 Å². The number of aliphatic hydroxyl groups excluding tert-OH is 1. The minimum atomic E-state index is -0.593. The second kappa shape index (κ2) is 8.85. The third kappa shape index (κ3) is 3.63. The van der Waals surface area contributed by atoms with Crippen LogP contribution in [0.4, 0.5) is 4.39 Å². The highest BCUT2D eigenvalue weighted by atomic mass is 19.1. The Morgan fingerprint density at radius 1 is 1.28 bits per heavy atom. The van der Waals surface area contributed by atoms with Gasteiger partial charge in [-0.2, -0.15) is 5.26 Å². The molecule has 1 saturated heterocycles. The lowest BCUT2D eigenvalue weighted by Crippen LogP contribution is -2.38. The summed E-state index contributed by atoms with van der Waals surface area (Å²) >= 11 is 0. The number of carbonyl (C=O) groups excluding carboxylic acids is 1. The number of rotatable bonds is 4. The Morgan fingerprint density at radius 2 is 2.00 bits per heavy atom. The lowest BCUT2D eigenvalue weighted by molar-refractivity contribution is 0.0670. The Bertz CT molecular complexity index is 1140. The van der Waals surface area contributed by atoms with Gasteiger partial charge in [0.15, 0.2) is 11.5 Å². The molecule has 166 valence electrons. The van der Waals surface area contributed by atoms with Crippen molar-refractivity contribution in [3.63, 3.8) is 0 Å². The molecule has 0 aromatic heterocycles. The van der Waals surface area contributed by atoms with Gasteiger partial charge in [0.1, 0.15) is 32.2 Å². The number of nitriles is 1. The number of amides is 1. The standard InChI is InChI=1S/C23H22FN3O5/c1-13-16(5-6-20(24)19(13)10-25)17-3-4-18(22-21(17)31-7-8-32-22)23(29)27-11-14(26-30-2)9-15(27)12-28/h3-6,15,28H,7-9,11-12H2,1-2H3/b26-14+/t15-/m0/s1. The van der Waals surface area contributed by atoms with Crippen molar-refractivity contribution >= 4 is 11.6 Å². The van der Waals surface area contributed by atoms with Crippen LogP contribution in [0.1, 0.15) is 27.9 Å². The largest absolute Gasteiger partial charge is 0.485 e. The van der Waals surface area contributed by atoms with Crippen LogP contribution in [0.15, 0.2) is 29.4 Å². The maximum atomic E-state index is 14.0. The number of hydrogen-bond donors (Lipinski definition) is 1. The summed E-state index contributed by atoms with van der Waals surface area (Å²) < 4.78 is 25.7. The van der Waals surface area contributed by atoms with E-state index in [1.165, 1.54) is 18.1 Å². The lowest BCUT2D eigenvalue weighted by Gasteiger charge is -2.27. The zero-order valence-corrected chi connectivity index (χ0v) is 17.7. The molecule has 2 aliphatic rings. The first-order valence-electron chi connectivity index (χ1n) is 10.1. The van der Waals surface area contributed by atoms with E-state index in [9.17, 15) is 19.6 Å². The number of nitrogens with zero attached hydrogens (tertiary/aromatic N) is 3. The van der Waals surface area contributed by atoms with Gasteiger partial charge in [0.25, 0.3) is 5.91 Å². The molecule has 2 aliphatic heterocycles. The van der Waals surface area contributed by atoms with Crippen LogP contribution >= 0.6 is 0 Å². The lowest BCUT2D eigenvalue weighted by atomic mass is 9.94. The first-order valence-corrected chi connectivity index (χ1v) is 10.1. The summed E-state index contributed by atoms with van der Waals surface area (Å²) in [6.45, 7) is 2.24. The first-order chi connectivity index (χ1) is 15.5. The molecule has 1 atom stereocenters. The fraction of sp³-hybridized carbons (Fsp3) is 0.348. The Kier molecular flexibility index (Phi) is 5.97. The van der Waals surface area contributed by atoms with E-state index in [2.05, 4.69) is 5.16 Å². The van der Waals surface area contributed by atoms with E-state index in [0.717, 1.165) is 0 Å². The van der Waals surface area contributed by atoms with E-state index >= 15 is 0 Å². The molecule has 1 N–H and O–H groups in total. The van der Waals surface area contributed by atoms with Crippen LogP contribution < -0.4 is 9.47 Å². The third-order valence-corrected chi connectivity index (χ3v) is 5.69. The van der Waals surface area contributed by atoms with E-state index in [4.69, 9.17) is 14.3 Å². The topological polar surface area (TPSA) is 104 Å². The molecule has 32 heavy (non-hydrogen) atoms. The molecule has 0 saturated carbocycles. The second-order valence-electron chi connectivity index (χ2n) is 7.54. The summed E-state index contributed by atoms with van der Waals surface area (Å²) in [5.41, 5.74) is 2.61. The molecule has 8 nitrogen and oxygen atoms in total. The summed E-state index contributed by atoms with van der Waals surface area (Å²) in [7, 11) is 1.43. The highest BCUT2D eigenvalue weighted by Gasteiger charge is 2.36. The molecule has 0 aliphatic carbocycles. The Labute approximate surface area is 184 Å². The van der Waals surface area contributed by atoms with Crippen LogP contribution in [0, 0.1) is 24.1 Å². The van der Waals surface area contributed by atoms with E-state index in [1.54, 1.807) is 25.1 Å². The van der Waals surface area contributed by atoms with Crippen molar-refractivity contribution in [3.8, 4) is 28.7 Å². The van der Waals surface area contributed by atoms with Crippen LogP contribution in [-0.2, 0) is 4.84 Å². The minimum Gasteiger partial charge on any atom is -0.485 e. The molecule has 0 radical (unpaired) electrons. The predicted molar refractivity (Wildman–Crippen MR) is 113 cm³/mol. The van der Waals surface area contributed by atoms with Gasteiger partial charge in [-0.1, -0.05) is 11.2 Å². The van der Waals surface area contributed by atoms with Gasteiger partial charge in [0, 0.05) is 12.0 Å². The number of hydrogen-bond acceptors (Lipinski definition) is 7. The van der Waals surface area contributed by atoms with Crippen LogP contribution in [0.3, 0.4) is 0 Å². The quantitative estimate of drug-likeness (QED) is 0.735. The van der Waals surface area contributed by atoms with Gasteiger partial charge >= 0.3 is 0 Å². The molecular formula is C23H22FN3O5. The molecule has 1 amide bonds. The number of halogens is 1. The maximum Gasteiger partial charge on any atom is 0.258 e. The summed E-state index contributed by atoms with van der Waals surface area (Å²) in [4.78, 5) is 19.7. The minimum absolute atomic E-state index is 0.0408. The van der Waals surface area contributed by atoms with Gasteiger partial charge < -0.3 is 24.3 Å². The van der Waals surface area contributed by atoms with Crippen LogP contribution in [-0.4, -0.2) is 61.1 Å². The SMILES string of the molecule is CO/N=C1\C[C@@H](CO)N(C(=O)c2ccc(-c3ccc(F)c(C#N)c3C)c3c2OCCO3)C1. The van der Waals surface area contributed by atoms with Gasteiger partial charge in [0.05, 0.1) is 36.0 Å². The molecule has 0 unspecified atom stereocenters. The number of ether oxygens (including phenoxy) is 2. The highest BCUT2D eigenvalue weighted by Crippen LogP contribution is 2.44.